The van der Waals surface area contributed by atoms with E-state index in [0.29, 0.717) is 28.0 Å². The molecule has 8 heteroatoms. The van der Waals surface area contributed by atoms with Gasteiger partial charge in [0.05, 0.1) is 17.2 Å². The van der Waals surface area contributed by atoms with Crippen LogP contribution in [0.1, 0.15) is 29.3 Å². The Morgan fingerprint density at radius 2 is 2.00 bits per heavy atom. The van der Waals surface area contributed by atoms with Crippen LogP contribution < -0.4 is 10.6 Å². The first kappa shape index (κ1) is 22.5. The maximum Gasteiger partial charge on any atom is 0.339 e. The molecule has 0 saturated carbocycles. The number of carbonyl (C=O) groups excluding carboxylic acids is 1. The van der Waals surface area contributed by atoms with Gasteiger partial charge in [0.15, 0.2) is 5.11 Å². The van der Waals surface area contributed by atoms with Gasteiger partial charge in [-0.25, -0.2) is 9.18 Å². The maximum absolute atomic E-state index is 12.9. The molecule has 0 heterocycles. The van der Waals surface area contributed by atoms with Crippen LogP contribution in [0.4, 0.5) is 10.1 Å². The minimum atomic E-state index is -0.446. The minimum Gasteiger partial charge on any atom is -0.462 e. The van der Waals surface area contributed by atoms with Gasteiger partial charge in [-0.15, -0.1) is 0 Å². The third-order valence-corrected chi connectivity index (χ3v) is 5.33. The van der Waals surface area contributed by atoms with Gasteiger partial charge in [-0.3, -0.25) is 0 Å². The molecule has 0 aliphatic carbocycles. The van der Waals surface area contributed by atoms with E-state index in [-0.39, 0.29) is 5.82 Å². The molecule has 2 rings (SSSR count). The molecule has 2 aromatic rings. The van der Waals surface area contributed by atoms with Crippen molar-refractivity contribution in [2.75, 3.05) is 24.2 Å². The standard InChI is InChI=1S/C20H22ClFN2O2S2/c1-2-26-19(25)17-9-8-16(12-18(17)21)24-20(27)23-10-3-11-28-13-14-4-6-15(22)7-5-14/h4-9,12H,2-3,10-11,13H2,1H3,(H2,23,24,27). The van der Waals surface area contributed by atoms with E-state index in [2.05, 4.69) is 10.6 Å². The smallest absolute Gasteiger partial charge is 0.339 e. The van der Waals surface area contributed by atoms with E-state index in [1.807, 2.05) is 0 Å². The van der Waals surface area contributed by atoms with Crippen LogP contribution in [0.2, 0.25) is 5.02 Å². The Morgan fingerprint density at radius 3 is 2.68 bits per heavy atom. The fraction of sp³-hybridized carbons (Fsp3) is 0.300. The second kappa shape index (κ2) is 11.9. The summed E-state index contributed by atoms with van der Waals surface area (Å²) in [6.45, 7) is 2.77. The number of carbonyl (C=O) groups is 1. The fourth-order valence-electron chi connectivity index (χ4n) is 2.29. The molecule has 0 aromatic heterocycles. The molecule has 28 heavy (non-hydrogen) atoms. The van der Waals surface area contributed by atoms with Crippen LogP contribution in [0, 0.1) is 5.82 Å². The van der Waals surface area contributed by atoms with E-state index in [9.17, 15) is 9.18 Å². The summed E-state index contributed by atoms with van der Waals surface area (Å²) in [7, 11) is 0. The van der Waals surface area contributed by atoms with E-state index >= 15 is 0 Å². The highest BCUT2D eigenvalue weighted by atomic mass is 35.5. The van der Waals surface area contributed by atoms with Crippen molar-refractivity contribution in [2.45, 2.75) is 19.1 Å². The van der Waals surface area contributed by atoms with Crippen molar-refractivity contribution in [3.05, 3.63) is 64.4 Å². The van der Waals surface area contributed by atoms with Gasteiger partial charge in [0.2, 0.25) is 0 Å². The Bertz CT molecular complexity index is 803. The third-order valence-electron chi connectivity index (χ3n) is 3.66. The summed E-state index contributed by atoms with van der Waals surface area (Å²) in [5.74, 6) is 1.16. The topological polar surface area (TPSA) is 50.4 Å². The van der Waals surface area contributed by atoms with Crippen molar-refractivity contribution < 1.29 is 13.9 Å². The first-order chi connectivity index (χ1) is 13.5. The Kier molecular flexibility index (Phi) is 9.54. The molecular weight excluding hydrogens is 419 g/mol. The van der Waals surface area contributed by atoms with Crippen molar-refractivity contribution in [3.8, 4) is 0 Å². The van der Waals surface area contributed by atoms with E-state index < -0.39 is 5.97 Å². The third kappa shape index (κ3) is 7.66. The van der Waals surface area contributed by atoms with Gasteiger partial charge in [-0.2, -0.15) is 11.8 Å². The molecule has 0 aliphatic heterocycles. The van der Waals surface area contributed by atoms with Crippen LogP contribution in [0.25, 0.3) is 0 Å². The number of halogens is 2. The van der Waals surface area contributed by atoms with Crippen molar-refractivity contribution in [3.63, 3.8) is 0 Å². The van der Waals surface area contributed by atoms with E-state index in [1.54, 1.807) is 49.0 Å². The number of anilines is 1. The molecule has 150 valence electrons. The summed E-state index contributed by atoms with van der Waals surface area (Å²) in [5.41, 5.74) is 2.13. The molecule has 0 saturated heterocycles. The first-order valence-electron chi connectivity index (χ1n) is 8.83. The van der Waals surface area contributed by atoms with Crippen LogP contribution >= 0.6 is 35.6 Å². The van der Waals surface area contributed by atoms with Gasteiger partial charge in [0, 0.05) is 18.0 Å². The van der Waals surface area contributed by atoms with Crippen LogP contribution in [0.15, 0.2) is 42.5 Å². The lowest BCUT2D eigenvalue weighted by atomic mass is 10.2. The second-order valence-electron chi connectivity index (χ2n) is 5.83. The minimum absolute atomic E-state index is 0.212. The number of hydrogen-bond donors (Lipinski definition) is 2. The Morgan fingerprint density at radius 1 is 1.25 bits per heavy atom. The second-order valence-corrected chi connectivity index (χ2v) is 7.75. The predicted octanol–water partition coefficient (Wildman–Crippen LogP) is 5.27. The van der Waals surface area contributed by atoms with Gasteiger partial charge in [0.1, 0.15) is 5.82 Å². The molecule has 0 aliphatic rings. The number of esters is 1. The number of thioether (sulfide) groups is 1. The molecule has 0 fully saturated rings. The molecule has 0 amide bonds. The first-order valence-corrected chi connectivity index (χ1v) is 10.8. The van der Waals surface area contributed by atoms with Crippen LogP contribution in [-0.4, -0.2) is 30.0 Å². The van der Waals surface area contributed by atoms with Crippen molar-refractivity contribution in [1.29, 1.82) is 0 Å². The average Bonchev–Trinajstić information content (AvgIpc) is 2.66. The average molecular weight is 441 g/mol. The SMILES string of the molecule is CCOC(=O)c1ccc(NC(=S)NCCCSCc2ccc(F)cc2)cc1Cl. The number of ether oxygens (including phenoxy) is 1. The lowest BCUT2D eigenvalue weighted by molar-refractivity contribution is 0.0526. The molecule has 0 spiro atoms. The van der Waals surface area contributed by atoms with Gasteiger partial charge in [0.25, 0.3) is 0 Å². The van der Waals surface area contributed by atoms with Crippen molar-refractivity contribution >= 4 is 52.3 Å². The zero-order valence-corrected chi connectivity index (χ0v) is 17.9. The van der Waals surface area contributed by atoms with E-state index in [1.165, 1.54) is 12.1 Å². The molecule has 4 nitrogen and oxygen atoms in total. The van der Waals surface area contributed by atoms with Gasteiger partial charge in [-0.05, 0) is 67.2 Å². The summed E-state index contributed by atoms with van der Waals surface area (Å²) >= 11 is 13.2. The number of benzene rings is 2. The normalized spacial score (nSPS) is 10.4. The summed E-state index contributed by atoms with van der Waals surface area (Å²) in [6, 6.07) is 11.5. The highest BCUT2D eigenvalue weighted by molar-refractivity contribution is 7.98. The molecule has 0 atom stereocenters. The molecule has 2 aromatic carbocycles. The van der Waals surface area contributed by atoms with E-state index in [0.717, 1.165) is 30.0 Å². The van der Waals surface area contributed by atoms with Gasteiger partial charge < -0.3 is 15.4 Å². The van der Waals surface area contributed by atoms with Gasteiger partial charge in [-0.1, -0.05) is 23.7 Å². The van der Waals surface area contributed by atoms with Crippen molar-refractivity contribution in [2.24, 2.45) is 0 Å². The fourth-order valence-corrected chi connectivity index (χ4v) is 3.69. The molecule has 0 radical (unpaired) electrons. The largest absolute Gasteiger partial charge is 0.462 e. The molecular formula is C20H22ClFN2O2S2. The number of rotatable bonds is 9. The Balaban J connectivity index is 1.66. The zero-order valence-electron chi connectivity index (χ0n) is 15.5. The Labute approximate surface area is 179 Å². The van der Waals surface area contributed by atoms with Crippen molar-refractivity contribution in [1.82, 2.24) is 5.32 Å². The monoisotopic (exact) mass is 440 g/mol. The predicted molar refractivity (Wildman–Crippen MR) is 119 cm³/mol. The van der Waals surface area contributed by atoms with Crippen LogP contribution in [0.3, 0.4) is 0 Å². The summed E-state index contributed by atoms with van der Waals surface area (Å²) < 4.78 is 17.8. The maximum atomic E-state index is 12.9. The lowest BCUT2D eigenvalue weighted by Crippen LogP contribution is -2.29. The quantitative estimate of drug-likeness (QED) is 0.315. The number of nitrogens with one attached hydrogen (secondary N) is 2. The Hall–Kier alpha value is -1.83. The summed E-state index contributed by atoms with van der Waals surface area (Å²) in [6.07, 6.45) is 0.941. The molecule has 0 unspecified atom stereocenters. The van der Waals surface area contributed by atoms with Crippen LogP contribution in [-0.2, 0) is 10.5 Å². The van der Waals surface area contributed by atoms with E-state index in [4.69, 9.17) is 28.6 Å². The number of hydrogen-bond acceptors (Lipinski definition) is 4. The lowest BCUT2D eigenvalue weighted by Gasteiger charge is -2.12. The van der Waals surface area contributed by atoms with Crippen LogP contribution in [0.5, 0.6) is 0 Å². The molecule has 2 N–H and O–H groups in total. The molecule has 0 bridgehead atoms. The number of thiocarbonyl (C=S) groups is 1. The zero-order chi connectivity index (χ0) is 20.4. The highest BCUT2D eigenvalue weighted by Gasteiger charge is 2.12. The summed E-state index contributed by atoms with van der Waals surface area (Å²) in [5, 5.41) is 6.98. The summed E-state index contributed by atoms with van der Waals surface area (Å²) in [4.78, 5) is 11.7. The van der Waals surface area contributed by atoms with Gasteiger partial charge >= 0.3 is 5.97 Å². The highest BCUT2D eigenvalue weighted by Crippen LogP contribution is 2.22.